The van der Waals surface area contributed by atoms with Gasteiger partial charge in [-0.3, -0.25) is 0 Å². The van der Waals surface area contributed by atoms with Crippen molar-refractivity contribution >= 4 is 7.92 Å². The molecule has 0 saturated carbocycles. The van der Waals surface area contributed by atoms with Crippen molar-refractivity contribution in [3.63, 3.8) is 0 Å². The second-order valence-corrected chi connectivity index (χ2v) is 10.9. The van der Waals surface area contributed by atoms with Crippen LogP contribution in [0, 0.1) is 11.8 Å². The Labute approximate surface area is 153 Å². The first kappa shape index (κ1) is 21.7. The van der Waals surface area contributed by atoms with Crippen molar-refractivity contribution in [2.24, 2.45) is 11.8 Å². The van der Waals surface area contributed by atoms with Gasteiger partial charge in [0.25, 0.3) is 0 Å². The van der Waals surface area contributed by atoms with E-state index in [0.717, 1.165) is 11.8 Å². The van der Waals surface area contributed by atoms with Crippen molar-refractivity contribution in [3.05, 3.63) is 35.4 Å². The number of hydrogen-bond donors (Lipinski definition) is 0. The van der Waals surface area contributed by atoms with Crippen LogP contribution in [0.5, 0.6) is 0 Å². The molecule has 0 heterocycles. The SMILES string of the molecule is CC(C)CCCCCCCP(C)Cc1ccc(CCC(C)C)cc1. The average molecular weight is 349 g/mol. The second-order valence-electron chi connectivity index (χ2n) is 8.44. The van der Waals surface area contributed by atoms with E-state index < -0.39 is 0 Å². The summed E-state index contributed by atoms with van der Waals surface area (Å²) >= 11 is 0. The van der Waals surface area contributed by atoms with Gasteiger partial charge >= 0.3 is 0 Å². The lowest BCUT2D eigenvalue weighted by molar-refractivity contribution is 0.519. The van der Waals surface area contributed by atoms with E-state index in [0.29, 0.717) is 0 Å². The van der Waals surface area contributed by atoms with Crippen LogP contribution in [0.3, 0.4) is 0 Å². The minimum atomic E-state index is 0.181. The average Bonchev–Trinajstić information content (AvgIpc) is 2.53. The molecular formula is C23H41P. The van der Waals surface area contributed by atoms with Gasteiger partial charge in [-0.05, 0) is 61.2 Å². The molecule has 0 aliphatic heterocycles. The quantitative estimate of drug-likeness (QED) is 0.251. The predicted octanol–water partition coefficient (Wildman–Crippen LogP) is 7.88. The van der Waals surface area contributed by atoms with Gasteiger partial charge in [0.2, 0.25) is 0 Å². The molecular weight excluding hydrogens is 307 g/mol. The lowest BCUT2D eigenvalue weighted by Crippen LogP contribution is -1.93. The van der Waals surface area contributed by atoms with E-state index >= 15 is 0 Å². The molecule has 0 spiro atoms. The molecule has 1 aromatic carbocycles. The fourth-order valence-corrected chi connectivity index (χ4v) is 4.88. The van der Waals surface area contributed by atoms with Gasteiger partial charge < -0.3 is 0 Å². The first-order chi connectivity index (χ1) is 11.5. The Hall–Kier alpha value is -0.350. The smallest absolute Gasteiger partial charge is 0.00756 e. The molecule has 138 valence electrons. The van der Waals surface area contributed by atoms with Crippen LogP contribution in [0.15, 0.2) is 24.3 Å². The van der Waals surface area contributed by atoms with Crippen LogP contribution < -0.4 is 0 Å². The van der Waals surface area contributed by atoms with Gasteiger partial charge in [-0.1, -0.05) is 84.1 Å². The van der Waals surface area contributed by atoms with Crippen LogP contribution >= 0.6 is 7.92 Å². The highest BCUT2D eigenvalue weighted by Crippen LogP contribution is 2.36. The standard InChI is InChI=1S/C23H41P/c1-20(2)11-9-7-6-8-10-18-24(5)19-23-16-14-22(15-17-23)13-12-21(3)4/h14-17,20-21H,6-13,18-19H2,1-5H3. The van der Waals surface area contributed by atoms with Crippen LogP contribution in [-0.2, 0) is 12.6 Å². The summed E-state index contributed by atoms with van der Waals surface area (Å²) in [6.07, 6.45) is 13.9. The monoisotopic (exact) mass is 348 g/mol. The normalized spacial score (nSPS) is 13.0. The van der Waals surface area contributed by atoms with E-state index in [1.54, 1.807) is 5.56 Å². The summed E-state index contributed by atoms with van der Waals surface area (Å²) in [5.41, 5.74) is 3.06. The molecule has 24 heavy (non-hydrogen) atoms. The zero-order chi connectivity index (χ0) is 17.8. The molecule has 0 aliphatic carbocycles. The van der Waals surface area contributed by atoms with Gasteiger partial charge in [0, 0.05) is 0 Å². The maximum absolute atomic E-state index is 2.49. The lowest BCUT2D eigenvalue weighted by atomic mass is 10.0. The van der Waals surface area contributed by atoms with E-state index in [9.17, 15) is 0 Å². The van der Waals surface area contributed by atoms with E-state index in [4.69, 9.17) is 0 Å². The fraction of sp³-hybridized carbons (Fsp3) is 0.739. The Morgan fingerprint density at radius 3 is 1.88 bits per heavy atom. The Bertz CT molecular complexity index is 405. The van der Waals surface area contributed by atoms with Gasteiger partial charge in [-0.15, -0.1) is 7.92 Å². The fourth-order valence-electron chi connectivity index (χ4n) is 3.12. The molecule has 1 rings (SSSR count). The van der Waals surface area contributed by atoms with E-state index in [2.05, 4.69) is 58.6 Å². The molecule has 1 heteroatoms. The maximum Gasteiger partial charge on any atom is -0.00756 e. The summed E-state index contributed by atoms with van der Waals surface area (Å²) in [5, 5.41) is 0. The van der Waals surface area contributed by atoms with Gasteiger partial charge in [-0.25, -0.2) is 0 Å². The summed E-state index contributed by atoms with van der Waals surface area (Å²) in [6, 6.07) is 9.46. The summed E-state index contributed by atoms with van der Waals surface area (Å²) in [4.78, 5) is 0. The zero-order valence-electron chi connectivity index (χ0n) is 17.0. The first-order valence-corrected chi connectivity index (χ1v) is 12.4. The minimum absolute atomic E-state index is 0.181. The van der Waals surface area contributed by atoms with Crippen LogP contribution in [0.25, 0.3) is 0 Å². The van der Waals surface area contributed by atoms with Crippen molar-refractivity contribution in [1.82, 2.24) is 0 Å². The summed E-state index contributed by atoms with van der Waals surface area (Å²) in [5.74, 6) is 1.68. The first-order valence-electron chi connectivity index (χ1n) is 10.2. The molecule has 0 aliphatic rings. The van der Waals surface area contributed by atoms with Crippen molar-refractivity contribution in [3.8, 4) is 0 Å². The predicted molar refractivity (Wildman–Crippen MR) is 114 cm³/mol. The van der Waals surface area contributed by atoms with Gasteiger partial charge in [0.1, 0.15) is 0 Å². The number of aryl methyl sites for hydroxylation is 1. The second kappa shape index (κ2) is 12.9. The van der Waals surface area contributed by atoms with Crippen molar-refractivity contribution in [1.29, 1.82) is 0 Å². The molecule has 0 radical (unpaired) electrons. The highest BCUT2D eigenvalue weighted by molar-refractivity contribution is 7.55. The van der Waals surface area contributed by atoms with E-state index in [1.807, 2.05) is 0 Å². The van der Waals surface area contributed by atoms with Crippen molar-refractivity contribution < 1.29 is 0 Å². The molecule has 0 amide bonds. The highest BCUT2D eigenvalue weighted by atomic mass is 31.1. The molecule has 0 aromatic heterocycles. The van der Waals surface area contributed by atoms with Crippen molar-refractivity contribution in [2.75, 3.05) is 12.8 Å². The topological polar surface area (TPSA) is 0 Å². The molecule has 1 atom stereocenters. The Morgan fingerprint density at radius 1 is 0.708 bits per heavy atom. The number of hydrogen-bond acceptors (Lipinski definition) is 0. The molecule has 0 saturated heterocycles. The summed E-state index contributed by atoms with van der Waals surface area (Å²) in [7, 11) is 0.181. The third kappa shape index (κ3) is 11.2. The number of rotatable bonds is 13. The van der Waals surface area contributed by atoms with Gasteiger partial charge in [0.15, 0.2) is 0 Å². The van der Waals surface area contributed by atoms with Crippen molar-refractivity contribution in [2.45, 2.75) is 85.2 Å². The minimum Gasteiger partial charge on any atom is -0.105 e. The Kier molecular flexibility index (Phi) is 11.7. The molecule has 0 fully saturated rings. The Balaban J connectivity index is 2.12. The molecule has 1 unspecified atom stereocenters. The van der Waals surface area contributed by atoms with E-state index in [1.165, 1.54) is 69.3 Å². The lowest BCUT2D eigenvalue weighted by Gasteiger charge is -2.13. The third-order valence-electron chi connectivity index (χ3n) is 4.81. The van der Waals surface area contributed by atoms with Crippen LogP contribution in [0.4, 0.5) is 0 Å². The third-order valence-corrected chi connectivity index (χ3v) is 6.79. The molecule has 0 bridgehead atoms. The largest absolute Gasteiger partial charge is 0.105 e. The number of unbranched alkanes of at least 4 members (excludes halogenated alkanes) is 4. The van der Waals surface area contributed by atoms with Crippen LogP contribution in [0.2, 0.25) is 0 Å². The van der Waals surface area contributed by atoms with Gasteiger partial charge in [0.05, 0.1) is 0 Å². The number of benzene rings is 1. The molecule has 0 N–H and O–H groups in total. The maximum atomic E-state index is 2.49. The zero-order valence-corrected chi connectivity index (χ0v) is 17.9. The highest BCUT2D eigenvalue weighted by Gasteiger charge is 2.04. The molecule has 0 nitrogen and oxygen atoms in total. The van der Waals surface area contributed by atoms with Crippen LogP contribution in [-0.4, -0.2) is 12.8 Å². The summed E-state index contributed by atoms with van der Waals surface area (Å²) in [6.45, 7) is 11.8. The molecule has 1 aromatic rings. The van der Waals surface area contributed by atoms with E-state index in [-0.39, 0.29) is 7.92 Å². The van der Waals surface area contributed by atoms with Gasteiger partial charge in [-0.2, -0.15) is 0 Å². The Morgan fingerprint density at radius 2 is 1.25 bits per heavy atom. The summed E-state index contributed by atoms with van der Waals surface area (Å²) < 4.78 is 0. The van der Waals surface area contributed by atoms with Crippen LogP contribution in [0.1, 0.15) is 83.8 Å².